The fourth-order valence-corrected chi connectivity index (χ4v) is 3.38. The monoisotopic (exact) mass is 380 g/mol. The van der Waals surface area contributed by atoms with Gasteiger partial charge in [-0.3, -0.25) is 0 Å². The minimum Gasteiger partial charge on any atom is -0.457 e. The topological polar surface area (TPSA) is 29.5 Å². The van der Waals surface area contributed by atoms with Gasteiger partial charge in [0.25, 0.3) is 0 Å². The predicted molar refractivity (Wildman–Crippen MR) is 81.8 cm³/mol. The standard InChI is InChI=1S/C15H10Br2O2/c16-10-7-11-14(18)13(19-15(11)12(17)8-10)6-9-4-2-1-3-5-9/h1-8,14,18H/b13-6+. The third-order valence-electron chi connectivity index (χ3n) is 2.93. The van der Waals surface area contributed by atoms with Gasteiger partial charge in [0.2, 0.25) is 0 Å². The number of aliphatic hydroxyl groups excluding tert-OH is 1. The summed E-state index contributed by atoms with van der Waals surface area (Å²) in [4.78, 5) is 0. The van der Waals surface area contributed by atoms with Crippen LogP contribution < -0.4 is 4.74 Å². The van der Waals surface area contributed by atoms with Crippen LogP contribution in [-0.2, 0) is 0 Å². The first-order valence-corrected chi connectivity index (χ1v) is 7.35. The lowest BCUT2D eigenvalue weighted by atomic mass is 10.1. The molecule has 2 nitrogen and oxygen atoms in total. The number of ether oxygens (including phenoxy) is 1. The second-order valence-corrected chi connectivity index (χ2v) is 6.04. The Morgan fingerprint density at radius 3 is 2.58 bits per heavy atom. The van der Waals surface area contributed by atoms with E-state index in [0.29, 0.717) is 11.5 Å². The van der Waals surface area contributed by atoms with Crippen molar-refractivity contribution in [2.75, 3.05) is 0 Å². The van der Waals surface area contributed by atoms with Crippen LogP contribution in [0.5, 0.6) is 5.75 Å². The van der Waals surface area contributed by atoms with Crippen molar-refractivity contribution in [3.63, 3.8) is 0 Å². The van der Waals surface area contributed by atoms with Crippen LogP contribution >= 0.6 is 31.9 Å². The van der Waals surface area contributed by atoms with Crippen LogP contribution in [0, 0.1) is 0 Å². The maximum Gasteiger partial charge on any atom is 0.147 e. The van der Waals surface area contributed by atoms with E-state index < -0.39 is 6.10 Å². The number of halogens is 2. The van der Waals surface area contributed by atoms with Crippen molar-refractivity contribution < 1.29 is 9.84 Å². The number of hydrogen-bond acceptors (Lipinski definition) is 2. The second kappa shape index (κ2) is 5.12. The van der Waals surface area contributed by atoms with Crippen molar-refractivity contribution in [2.45, 2.75) is 6.10 Å². The van der Waals surface area contributed by atoms with Crippen LogP contribution in [0.3, 0.4) is 0 Å². The van der Waals surface area contributed by atoms with E-state index >= 15 is 0 Å². The van der Waals surface area contributed by atoms with Gasteiger partial charge in [0.05, 0.1) is 4.47 Å². The molecule has 2 aromatic rings. The van der Waals surface area contributed by atoms with Gasteiger partial charge in [-0.1, -0.05) is 46.3 Å². The Labute approximate surface area is 128 Å². The van der Waals surface area contributed by atoms with E-state index in [1.807, 2.05) is 48.5 Å². The molecule has 0 saturated heterocycles. The Morgan fingerprint density at radius 2 is 1.84 bits per heavy atom. The Kier molecular flexibility index (Phi) is 3.48. The van der Waals surface area contributed by atoms with E-state index in [1.165, 1.54) is 0 Å². The highest BCUT2D eigenvalue weighted by molar-refractivity contribution is 9.11. The molecule has 1 aliphatic heterocycles. The fourth-order valence-electron chi connectivity index (χ4n) is 2.04. The van der Waals surface area contributed by atoms with Gasteiger partial charge in [-0.05, 0) is 39.7 Å². The Hall–Kier alpha value is -1.10. The van der Waals surface area contributed by atoms with Gasteiger partial charge < -0.3 is 9.84 Å². The summed E-state index contributed by atoms with van der Waals surface area (Å²) in [5.74, 6) is 1.22. The molecule has 1 aliphatic rings. The smallest absolute Gasteiger partial charge is 0.147 e. The molecule has 0 aliphatic carbocycles. The number of hydrogen-bond donors (Lipinski definition) is 1. The largest absolute Gasteiger partial charge is 0.457 e. The van der Waals surface area contributed by atoms with E-state index in [-0.39, 0.29) is 0 Å². The van der Waals surface area contributed by atoms with Gasteiger partial charge in [0.15, 0.2) is 0 Å². The second-order valence-electron chi connectivity index (χ2n) is 4.27. The molecular weight excluding hydrogens is 372 g/mol. The zero-order chi connectivity index (χ0) is 13.4. The highest BCUT2D eigenvalue weighted by Crippen LogP contribution is 2.45. The van der Waals surface area contributed by atoms with Crippen molar-refractivity contribution in [1.82, 2.24) is 0 Å². The van der Waals surface area contributed by atoms with Crippen LogP contribution in [0.25, 0.3) is 6.08 Å². The molecule has 0 spiro atoms. The van der Waals surface area contributed by atoms with Crippen molar-refractivity contribution in [3.05, 3.63) is 68.3 Å². The summed E-state index contributed by atoms with van der Waals surface area (Å²) in [6.07, 6.45) is 1.12. The summed E-state index contributed by atoms with van der Waals surface area (Å²) >= 11 is 6.86. The van der Waals surface area contributed by atoms with Gasteiger partial charge >= 0.3 is 0 Å². The van der Waals surface area contributed by atoms with Crippen molar-refractivity contribution in [1.29, 1.82) is 0 Å². The van der Waals surface area contributed by atoms with Crippen LogP contribution in [-0.4, -0.2) is 5.11 Å². The van der Waals surface area contributed by atoms with Crippen LogP contribution in [0.15, 0.2) is 57.2 Å². The molecule has 19 heavy (non-hydrogen) atoms. The molecule has 1 N–H and O–H groups in total. The number of benzene rings is 2. The molecule has 0 aromatic heterocycles. The molecule has 3 rings (SSSR count). The van der Waals surface area contributed by atoms with Crippen molar-refractivity contribution in [2.24, 2.45) is 0 Å². The quantitative estimate of drug-likeness (QED) is 0.777. The molecule has 1 atom stereocenters. The molecule has 1 heterocycles. The molecular formula is C15H10Br2O2. The zero-order valence-corrected chi connectivity index (χ0v) is 13.0. The van der Waals surface area contributed by atoms with E-state index in [2.05, 4.69) is 31.9 Å². The predicted octanol–water partition coefficient (Wildman–Crippen LogP) is 4.68. The van der Waals surface area contributed by atoms with Crippen LogP contribution in [0.2, 0.25) is 0 Å². The van der Waals surface area contributed by atoms with Crippen LogP contribution in [0.1, 0.15) is 17.2 Å². The van der Waals surface area contributed by atoms with E-state index in [4.69, 9.17) is 4.74 Å². The fraction of sp³-hybridized carbons (Fsp3) is 0.0667. The summed E-state index contributed by atoms with van der Waals surface area (Å²) in [7, 11) is 0. The summed E-state index contributed by atoms with van der Waals surface area (Å²) < 4.78 is 7.48. The molecule has 0 amide bonds. The summed E-state index contributed by atoms with van der Waals surface area (Å²) in [6.45, 7) is 0. The van der Waals surface area contributed by atoms with Gasteiger partial charge in [-0.2, -0.15) is 0 Å². The van der Waals surface area contributed by atoms with Crippen molar-refractivity contribution >= 4 is 37.9 Å². The van der Waals surface area contributed by atoms with Gasteiger partial charge in [-0.25, -0.2) is 0 Å². The molecule has 0 saturated carbocycles. The summed E-state index contributed by atoms with van der Waals surface area (Å²) in [5.41, 5.74) is 1.77. The zero-order valence-electron chi connectivity index (χ0n) is 9.81. The lowest BCUT2D eigenvalue weighted by Crippen LogP contribution is -1.96. The average Bonchev–Trinajstić information content (AvgIpc) is 2.69. The first kappa shape index (κ1) is 12.9. The van der Waals surface area contributed by atoms with Gasteiger partial charge in [0, 0.05) is 10.0 Å². The van der Waals surface area contributed by atoms with Gasteiger partial charge in [0.1, 0.15) is 17.6 Å². The molecule has 0 radical (unpaired) electrons. The average molecular weight is 382 g/mol. The third kappa shape index (κ3) is 2.48. The molecule has 0 bridgehead atoms. The highest BCUT2D eigenvalue weighted by Gasteiger charge is 2.30. The maximum atomic E-state index is 10.3. The molecule has 1 unspecified atom stereocenters. The minimum absolute atomic E-state index is 0.542. The third-order valence-corrected chi connectivity index (χ3v) is 3.98. The molecule has 2 aromatic carbocycles. The lowest BCUT2D eigenvalue weighted by Gasteiger charge is -2.03. The normalized spacial score (nSPS) is 19.3. The van der Waals surface area contributed by atoms with Gasteiger partial charge in [-0.15, -0.1) is 0 Å². The van der Waals surface area contributed by atoms with Crippen molar-refractivity contribution in [3.8, 4) is 5.75 Å². The lowest BCUT2D eigenvalue weighted by molar-refractivity contribution is 0.193. The Bertz CT molecular complexity index is 651. The Morgan fingerprint density at radius 1 is 1.11 bits per heavy atom. The molecule has 0 fully saturated rings. The summed E-state index contributed by atoms with van der Waals surface area (Å²) in [6, 6.07) is 13.6. The first-order chi connectivity index (χ1) is 9.15. The van der Waals surface area contributed by atoms with E-state index in [1.54, 1.807) is 0 Å². The first-order valence-electron chi connectivity index (χ1n) is 5.76. The van der Waals surface area contributed by atoms with Crippen LogP contribution in [0.4, 0.5) is 0 Å². The maximum absolute atomic E-state index is 10.3. The SMILES string of the molecule is OC1/C(=C\c2ccccc2)Oc2c(Br)cc(Br)cc21. The Balaban J connectivity index is 2.02. The molecule has 96 valence electrons. The number of aliphatic hydroxyl groups is 1. The van der Waals surface area contributed by atoms with E-state index in [0.717, 1.165) is 20.1 Å². The summed E-state index contributed by atoms with van der Waals surface area (Å²) in [5, 5.41) is 10.3. The number of fused-ring (bicyclic) bond motifs is 1. The highest BCUT2D eigenvalue weighted by atomic mass is 79.9. The molecule has 4 heteroatoms. The minimum atomic E-state index is -0.732. The van der Waals surface area contributed by atoms with E-state index in [9.17, 15) is 5.11 Å². The number of rotatable bonds is 1.